The maximum atomic E-state index is 12.3. The number of nitrogens with one attached hydrogen (secondary N) is 1. The minimum Gasteiger partial charge on any atom is -0.352 e. The topological polar surface area (TPSA) is 78.7 Å². The SMILES string of the molecule is CN(C)C(=O)C1CNCCN1c1cc(Cl)ccc1[N+](=O)[O-]. The van der Waals surface area contributed by atoms with Crippen molar-refractivity contribution in [2.45, 2.75) is 6.04 Å². The fourth-order valence-electron chi connectivity index (χ4n) is 2.39. The Morgan fingerprint density at radius 3 is 2.86 bits per heavy atom. The van der Waals surface area contributed by atoms with Gasteiger partial charge in [-0.1, -0.05) is 11.6 Å². The maximum Gasteiger partial charge on any atom is 0.292 e. The molecule has 1 heterocycles. The van der Waals surface area contributed by atoms with Crippen molar-refractivity contribution in [2.75, 3.05) is 38.6 Å². The Morgan fingerprint density at radius 2 is 2.24 bits per heavy atom. The highest BCUT2D eigenvalue weighted by molar-refractivity contribution is 6.31. The van der Waals surface area contributed by atoms with Crippen molar-refractivity contribution in [2.24, 2.45) is 0 Å². The fraction of sp³-hybridized carbons (Fsp3) is 0.462. The number of nitro benzene ring substituents is 1. The van der Waals surface area contributed by atoms with Crippen LogP contribution in [0.1, 0.15) is 0 Å². The summed E-state index contributed by atoms with van der Waals surface area (Å²) in [6.45, 7) is 1.60. The molecule has 1 unspecified atom stereocenters. The minimum absolute atomic E-state index is 0.0437. The Labute approximate surface area is 127 Å². The van der Waals surface area contributed by atoms with Crippen LogP contribution in [0.2, 0.25) is 5.02 Å². The van der Waals surface area contributed by atoms with Crippen molar-refractivity contribution in [3.8, 4) is 0 Å². The van der Waals surface area contributed by atoms with Gasteiger partial charge in [0, 0.05) is 44.8 Å². The molecule has 1 saturated heterocycles. The number of rotatable bonds is 3. The molecule has 0 aliphatic carbocycles. The molecule has 1 aliphatic heterocycles. The third-order valence-corrected chi connectivity index (χ3v) is 3.65. The number of likely N-dealkylation sites (N-methyl/N-ethyl adjacent to an activating group) is 1. The van der Waals surface area contributed by atoms with Gasteiger partial charge in [0.15, 0.2) is 0 Å². The van der Waals surface area contributed by atoms with Gasteiger partial charge in [0.2, 0.25) is 5.91 Å². The third-order valence-electron chi connectivity index (χ3n) is 3.41. The van der Waals surface area contributed by atoms with Crippen LogP contribution in [0.4, 0.5) is 11.4 Å². The number of hydrogen-bond donors (Lipinski definition) is 1. The number of carbonyl (C=O) groups excluding carboxylic acids is 1. The summed E-state index contributed by atoms with van der Waals surface area (Å²) in [6.07, 6.45) is 0. The maximum absolute atomic E-state index is 12.3. The number of halogens is 1. The van der Waals surface area contributed by atoms with E-state index in [2.05, 4.69) is 5.32 Å². The molecule has 0 bridgehead atoms. The molecule has 0 saturated carbocycles. The van der Waals surface area contributed by atoms with E-state index < -0.39 is 11.0 Å². The molecule has 1 aromatic carbocycles. The lowest BCUT2D eigenvalue weighted by Gasteiger charge is -2.37. The van der Waals surface area contributed by atoms with E-state index in [0.29, 0.717) is 30.3 Å². The number of carbonyl (C=O) groups is 1. The van der Waals surface area contributed by atoms with Gasteiger partial charge >= 0.3 is 0 Å². The molecule has 1 aromatic rings. The summed E-state index contributed by atoms with van der Waals surface area (Å²) in [5, 5.41) is 14.8. The Hall–Kier alpha value is -1.86. The van der Waals surface area contributed by atoms with Gasteiger partial charge in [0.1, 0.15) is 11.7 Å². The number of nitro groups is 1. The third kappa shape index (κ3) is 3.25. The standard InChI is InChI=1S/C13H17ClN4O3/c1-16(2)13(19)12-8-15-5-6-17(12)11-7-9(14)3-4-10(11)18(20)21/h3-4,7,12,15H,5-6,8H2,1-2H3. The van der Waals surface area contributed by atoms with Gasteiger partial charge in [-0.3, -0.25) is 14.9 Å². The molecule has 114 valence electrons. The molecule has 0 radical (unpaired) electrons. The lowest BCUT2D eigenvalue weighted by Crippen LogP contribution is -2.58. The van der Waals surface area contributed by atoms with Gasteiger partial charge in [0.05, 0.1) is 4.92 Å². The first kappa shape index (κ1) is 15.5. The van der Waals surface area contributed by atoms with E-state index in [1.165, 1.54) is 17.0 Å². The summed E-state index contributed by atoms with van der Waals surface area (Å²) >= 11 is 5.97. The van der Waals surface area contributed by atoms with Crippen LogP contribution in [-0.4, -0.2) is 55.5 Å². The van der Waals surface area contributed by atoms with Crippen LogP contribution in [0.25, 0.3) is 0 Å². The van der Waals surface area contributed by atoms with Crippen molar-refractivity contribution in [3.63, 3.8) is 0 Å². The average molecular weight is 313 g/mol. The average Bonchev–Trinajstić information content (AvgIpc) is 2.46. The molecule has 1 atom stereocenters. The van der Waals surface area contributed by atoms with Gasteiger partial charge in [-0.25, -0.2) is 0 Å². The van der Waals surface area contributed by atoms with E-state index >= 15 is 0 Å². The molecule has 1 N–H and O–H groups in total. The number of nitrogens with zero attached hydrogens (tertiary/aromatic N) is 3. The first-order chi connectivity index (χ1) is 9.91. The molecule has 0 spiro atoms. The summed E-state index contributed by atoms with van der Waals surface area (Å²) in [6, 6.07) is 3.91. The summed E-state index contributed by atoms with van der Waals surface area (Å²) < 4.78 is 0. The molecule has 0 aromatic heterocycles. The quantitative estimate of drug-likeness (QED) is 0.668. The van der Waals surface area contributed by atoms with Crippen LogP contribution in [-0.2, 0) is 4.79 Å². The molecule has 21 heavy (non-hydrogen) atoms. The van der Waals surface area contributed by atoms with E-state index in [4.69, 9.17) is 11.6 Å². The van der Waals surface area contributed by atoms with Crippen LogP contribution in [0.5, 0.6) is 0 Å². The smallest absolute Gasteiger partial charge is 0.292 e. The summed E-state index contributed by atoms with van der Waals surface area (Å²) in [7, 11) is 3.34. The first-order valence-electron chi connectivity index (χ1n) is 6.54. The second kappa shape index (κ2) is 6.28. The van der Waals surface area contributed by atoms with Gasteiger partial charge < -0.3 is 15.1 Å². The first-order valence-corrected chi connectivity index (χ1v) is 6.92. The van der Waals surface area contributed by atoms with Crippen LogP contribution in [0, 0.1) is 10.1 Å². The second-order valence-corrected chi connectivity index (χ2v) is 5.47. The van der Waals surface area contributed by atoms with Crippen molar-refractivity contribution >= 4 is 28.9 Å². The summed E-state index contributed by atoms with van der Waals surface area (Å²) in [4.78, 5) is 26.3. The van der Waals surface area contributed by atoms with Crippen molar-refractivity contribution in [1.29, 1.82) is 0 Å². The lowest BCUT2D eigenvalue weighted by molar-refractivity contribution is -0.384. The zero-order chi connectivity index (χ0) is 15.6. The van der Waals surface area contributed by atoms with Crippen molar-refractivity contribution < 1.29 is 9.72 Å². The number of anilines is 1. The van der Waals surface area contributed by atoms with E-state index in [-0.39, 0.29) is 11.6 Å². The predicted octanol–water partition coefficient (Wildman–Crippen LogP) is 1.11. The lowest BCUT2D eigenvalue weighted by atomic mass is 10.1. The molecular weight excluding hydrogens is 296 g/mol. The number of benzene rings is 1. The molecule has 1 aliphatic rings. The molecule has 8 heteroatoms. The fourth-order valence-corrected chi connectivity index (χ4v) is 2.56. The van der Waals surface area contributed by atoms with E-state index in [0.717, 1.165) is 0 Å². The highest BCUT2D eigenvalue weighted by atomic mass is 35.5. The normalized spacial score (nSPS) is 18.4. The number of piperazine rings is 1. The van der Waals surface area contributed by atoms with Gasteiger partial charge in [-0.05, 0) is 12.1 Å². The van der Waals surface area contributed by atoms with Crippen LogP contribution >= 0.6 is 11.6 Å². The second-order valence-electron chi connectivity index (χ2n) is 5.04. The van der Waals surface area contributed by atoms with Gasteiger partial charge in [-0.2, -0.15) is 0 Å². The van der Waals surface area contributed by atoms with Crippen LogP contribution < -0.4 is 10.2 Å². The molecule has 7 nitrogen and oxygen atoms in total. The zero-order valence-electron chi connectivity index (χ0n) is 11.9. The van der Waals surface area contributed by atoms with E-state index in [9.17, 15) is 14.9 Å². The zero-order valence-corrected chi connectivity index (χ0v) is 12.6. The van der Waals surface area contributed by atoms with Gasteiger partial charge in [0.25, 0.3) is 5.69 Å². The van der Waals surface area contributed by atoms with Crippen LogP contribution in [0.3, 0.4) is 0 Å². The van der Waals surface area contributed by atoms with E-state index in [1.807, 2.05) is 0 Å². The summed E-state index contributed by atoms with van der Waals surface area (Å²) in [5.74, 6) is -0.100. The Balaban J connectivity index is 2.44. The minimum atomic E-state index is -0.481. The van der Waals surface area contributed by atoms with Gasteiger partial charge in [-0.15, -0.1) is 0 Å². The Kier molecular flexibility index (Phi) is 4.64. The highest BCUT2D eigenvalue weighted by Crippen LogP contribution is 2.33. The Morgan fingerprint density at radius 1 is 1.52 bits per heavy atom. The number of amides is 1. The molecule has 1 fully saturated rings. The Bertz CT molecular complexity index is 564. The van der Waals surface area contributed by atoms with E-state index in [1.54, 1.807) is 25.1 Å². The molecule has 2 rings (SSSR count). The van der Waals surface area contributed by atoms with Crippen molar-refractivity contribution in [1.82, 2.24) is 10.2 Å². The largest absolute Gasteiger partial charge is 0.352 e. The number of hydrogen-bond acceptors (Lipinski definition) is 5. The van der Waals surface area contributed by atoms with Crippen molar-refractivity contribution in [3.05, 3.63) is 33.3 Å². The highest BCUT2D eigenvalue weighted by Gasteiger charge is 2.33. The predicted molar refractivity (Wildman–Crippen MR) is 80.8 cm³/mol. The molecule has 1 amide bonds. The summed E-state index contributed by atoms with van der Waals surface area (Å²) in [5.41, 5.74) is 0.340. The molecular formula is C13H17ClN4O3. The monoisotopic (exact) mass is 312 g/mol. The van der Waals surface area contributed by atoms with Crippen LogP contribution in [0.15, 0.2) is 18.2 Å².